The minimum atomic E-state index is 0.297. The number of hydrogen-bond acceptors (Lipinski definition) is 3. The summed E-state index contributed by atoms with van der Waals surface area (Å²) < 4.78 is 5.44. The van der Waals surface area contributed by atoms with E-state index in [0.717, 1.165) is 16.9 Å². The van der Waals surface area contributed by atoms with Gasteiger partial charge >= 0.3 is 0 Å². The fraction of sp³-hybridized carbons (Fsp3) is 0.400. The van der Waals surface area contributed by atoms with Gasteiger partial charge in [0, 0.05) is 5.92 Å². The number of nitrogens with zero attached hydrogens (tertiary/aromatic N) is 1. The van der Waals surface area contributed by atoms with Crippen LogP contribution in [0, 0.1) is 12.8 Å². The summed E-state index contributed by atoms with van der Waals surface area (Å²) in [5.74, 6) is 2.14. The van der Waals surface area contributed by atoms with Crippen molar-refractivity contribution < 1.29 is 4.52 Å². The van der Waals surface area contributed by atoms with Crippen LogP contribution in [0.3, 0.4) is 0 Å². The number of nitrogen functional groups attached to an aromatic ring is 1. The molecule has 2 aromatic rings. The molecule has 0 aliphatic heterocycles. The van der Waals surface area contributed by atoms with Gasteiger partial charge in [-0.2, -0.15) is 0 Å². The lowest BCUT2D eigenvalue weighted by atomic mass is 9.90. The van der Waals surface area contributed by atoms with Crippen LogP contribution in [0.2, 0.25) is 0 Å². The Bertz CT molecular complexity index is 543. The van der Waals surface area contributed by atoms with Crippen LogP contribution in [0.5, 0.6) is 0 Å². The first kappa shape index (κ1) is 12.7. The van der Waals surface area contributed by atoms with E-state index in [1.165, 1.54) is 5.56 Å². The van der Waals surface area contributed by atoms with Crippen molar-refractivity contribution in [2.24, 2.45) is 5.92 Å². The van der Waals surface area contributed by atoms with Crippen LogP contribution in [0.4, 0.5) is 5.82 Å². The first-order valence-corrected chi connectivity index (χ1v) is 6.32. The quantitative estimate of drug-likeness (QED) is 0.888. The number of nitrogens with two attached hydrogens (primary N) is 1. The van der Waals surface area contributed by atoms with Crippen molar-refractivity contribution in [1.29, 1.82) is 0 Å². The van der Waals surface area contributed by atoms with E-state index in [0.29, 0.717) is 17.7 Å². The zero-order valence-corrected chi connectivity index (χ0v) is 11.4. The second-order valence-corrected chi connectivity index (χ2v) is 5.21. The molecule has 1 atom stereocenters. The Kier molecular flexibility index (Phi) is 3.41. The van der Waals surface area contributed by atoms with Gasteiger partial charge in [0.15, 0.2) is 5.82 Å². The first-order chi connectivity index (χ1) is 8.50. The predicted octanol–water partition coefficient (Wildman–Crippen LogP) is 3.99. The SMILES string of the molecule is Cc1cccc(-c2c(N)noc2C(C)C(C)C)c1. The Hall–Kier alpha value is -1.77. The van der Waals surface area contributed by atoms with Crippen molar-refractivity contribution in [2.45, 2.75) is 33.6 Å². The molecule has 0 radical (unpaired) electrons. The molecule has 96 valence electrons. The van der Waals surface area contributed by atoms with Crippen molar-refractivity contribution in [1.82, 2.24) is 5.16 Å². The van der Waals surface area contributed by atoms with Crippen LogP contribution in [-0.4, -0.2) is 5.16 Å². The molecule has 18 heavy (non-hydrogen) atoms. The topological polar surface area (TPSA) is 52.0 Å². The van der Waals surface area contributed by atoms with Gasteiger partial charge in [-0.15, -0.1) is 0 Å². The third-order valence-electron chi connectivity index (χ3n) is 3.47. The number of rotatable bonds is 3. The monoisotopic (exact) mass is 244 g/mol. The smallest absolute Gasteiger partial charge is 0.175 e. The molecule has 0 fully saturated rings. The molecule has 2 rings (SSSR count). The Labute approximate surface area is 108 Å². The average Bonchev–Trinajstić information content (AvgIpc) is 2.70. The van der Waals surface area contributed by atoms with Gasteiger partial charge in [-0.05, 0) is 18.4 Å². The molecule has 1 aromatic heterocycles. The minimum absolute atomic E-state index is 0.297. The summed E-state index contributed by atoms with van der Waals surface area (Å²) >= 11 is 0. The molecule has 0 aliphatic carbocycles. The molecule has 1 unspecified atom stereocenters. The normalized spacial score (nSPS) is 12.9. The Morgan fingerprint density at radius 2 is 1.94 bits per heavy atom. The van der Waals surface area contributed by atoms with Gasteiger partial charge in [-0.25, -0.2) is 0 Å². The van der Waals surface area contributed by atoms with Gasteiger partial charge in [0.25, 0.3) is 0 Å². The van der Waals surface area contributed by atoms with Gasteiger partial charge in [0.05, 0.1) is 5.56 Å². The Balaban J connectivity index is 2.53. The highest BCUT2D eigenvalue weighted by Crippen LogP contribution is 2.37. The van der Waals surface area contributed by atoms with Crippen LogP contribution in [0.25, 0.3) is 11.1 Å². The second-order valence-electron chi connectivity index (χ2n) is 5.21. The van der Waals surface area contributed by atoms with E-state index in [9.17, 15) is 0 Å². The zero-order chi connectivity index (χ0) is 13.3. The molecule has 2 N–H and O–H groups in total. The van der Waals surface area contributed by atoms with E-state index in [2.05, 4.69) is 45.0 Å². The second kappa shape index (κ2) is 4.84. The van der Waals surface area contributed by atoms with Crippen LogP contribution in [-0.2, 0) is 0 Å². The lowest BCUT2D eigenvalue weighted by Crippen LogP contribution is -2.02. The van der Waals surface area contributed by atoms with Crippen molar-refractivity contribution >= 4 is 5.82 Å². The fourth-order valence-corrected chi connectivity index (χ4v) is 2.02. The summed E-state index contributed by atoms with van der Waals surface area (Å²) in [5, 5.41) is 3.93. The van der Waals surface area contributed by atoms with Crippen LogP contribution in [0.1, 0.15) is 38.0 Å². The third-order valence-corrected chi connectivity index (χ3v) is 3.47. The standard InChI is InChI=1S/C15H20N2O/c1-9(2)11(4)14-13(15(16)17-18-14)12-7-5-6-10(3)8-12/h5-9,11H,1-4H3,(H2,16,17). The molecule has 3 heteroatoms. The van der Waals surface area contributed by atoms with Crippen LogP contribution >= 0.6 is 0 Å². The van der Waals surface area contributed by atoms with Gasteiger partial charge in [-0.1, -0.05) is 55.8 Å². The van der Waals surface area contributed by atoms with Crippen molar-refractivity contribution in [3.05, 3.63) is 35.6 Å². The molecular weight excluding hydrogens is 224 g/mol. The third kappa shape index (κ3) is 2.26. The average molecular weight is 244 g/mol. The zero-order valence-electron chi connectivity index (χ0n) is 11.4. The summed E-state index contributed by atoms with van der Waals surface area (Å²) in [6, 6.07) is 8.26. The van der Waals surface area contributed by atoms with Crippen molar-refractivity contribution in [3.8, 4) is 11.1 Å². The summed E-state index contributed by atoms with van der Waals surface area (Å²) in [6.45, 7) is 8.55. The maximum Gasteiger partial charge on any atom is 0.175 e. The van der Waals surface area contributed by atoms with E-state index >= 15 is 0 Å². The minimum Gasteiger partial charge on any atom is -0.380 e. The Morgan fingerprint density at radius 1 is 1.22 bits per heavy atom. The fourth-order valence-electron chi connectivity index (χ4n) is 2.02. The van der Waals surface area contributed by atoms with Gasteiger partial charge in [-0.3, -0.25) is 0 Å². The number of hydrogen-bond donors (Lipinski definition) is 1. The lowest BCUT2D eigenvalue weighted by molar-refractivity contribution is 0.341. The van der Waals surface area contributed by atoms with Gasteiger partial charge < -0.3 is 10.3 Å². The highest BCUT2D eigenvalue weighted by Gasteiger charge is 2.23. The number of aryl methyl sites for hydroxylation is 1. The largest absolute Gasteiger partial charge is 0.380 e. The molecule has 0 amide bonds. The van der Waals surface area contributed by atoms with Crippen LogP contribution < -0.4 is 5.73 Å². The van der Waals surface area contributed by atoms with E-state index in [4.69, 9.17) is 10.3 Å². The van der Waals surface area contributed by atoms with E-state index in [-0.39, 0.29) is 0 Å². The number of aromatic nitrogens is 1. The molecule has 0 saturated heterocycles. The molecule has 3 nitrogen and oxygen atoms in total. The van der Waals surface area contributed by atoms with E-state index in [1.54, 1.807) is 0 Å². The maximum absolute atomic E-state index is 5.96. The molecule has 0 saturated carbocycles. The predicted molar refractivity (Wildman–Crippen MR) is 74.3 cm³/mol. The summed E-state index contributed by atoms with van der Waals surface area (Å²) in [7, 11) is 0. The van der Waals surface area contributed by atoms with Gasteiger partial charge in [0.1, 0.15) is 5.76 Å². The summed E-state index contributed by atoms with van der Waals surface area (Å²) in [6.07, 6.45) is 0. The molecular formula is C15H20N2O. The molecule has 0 aliphatic rings. The van der Waals surface area contributed by atoms with E-state index in [1.807, 2.05) is 12.1 Å². The highest BCUT2D eigenvalue weighted by atomic mass is 16.5. The molecule has 0 bridgehead atoms. The maximum atomic E-state index is 5.96. The highest BCUT2D eigenvalue weighted by molar-refractivity contribution is 5.76. The first-order valence-electron chi connectivity index (χ1n) is 6.32. The van der Waals surface area contributed by atoms with Crippen LogP contribution in [0.15, 0.2) is 28.8 Å². The summed E-state index contributed by atoms with van der Waals surface area (Å²) in [4.78, 5) is 0. The molecule has 1 heterocycles. The Morgan fingerprint density at radius 3 is 2.56 bits per heavy atom. The molecule has 0 spiro atoms. The van der Waals surface area contributed by atoms with Crippen molar-refractivity contribution in [2.75, 3.05) is 5.73 Å². The molecule has 1 aromatic carbocycles. The number of anilines is 1. The lowest BCUT2D eigenvalue weighted by Gasteiger charge is -2.14. The van der Waals surface area contributed by atoms with Crippen molar-refractivity contribution in [3.63, 3.8) is 0 Å². The summed E-state index contributed by atoms with van der Waals surface area (Å²) in [5.41, 5.74) is 9.19. The number of benzene rings is 1. The van der Waals surface area contributed by atoms with E-state index < -0.39 is 0 Å². The van der Waals surface area contributed by atoms with Gasteiger partial charge in [0.2, 0.25) is 0 Å².